The summed E-state index contributed by atoms with van der Waals surface area (Å²) in [4.78, 5) is 14.2. The van der Waals surface area contributed by atoms with Crippen molar-refractivity contribution >= 4 is 12.0 Å². The quantitative estimate of drug-likeness (QED) is 0.766. The molecule has 1 aliphatic rings. The van der Waals surface area contributed by atoms with Crippen LogP contribution in [0, 0.1) is 11.8 Å². The van der Waals surface area contributed by atoms with E-state index in [1.165, 1.54) is 25.3 Å². The number of rotatable bonds is 5. The Labute approximate surface area is 141 Å². The van der Waals surface area contributed by atoms with Gasteiger partial charge in [-0.2, -0.15) is 8.78 Å². The number of piperidine rings is 1. The van der Waals surface area contributed by atoms with E-state index in [2.05, 4.69) is 18.6 Å². The molecule has 0 bridgehead atoms. The van der Waals surface area contributed by atoms with E-state index in [1.807, 2.05) is 0 Å². The van der Waals surface area contributed by atoms with E-state index >= 15 is 0 Å². The van der Waals surface area contributed by atoms with Gasteiger partial charge in [-0.3, -0.25) is 4.79 Å². The summed E-state index contributed by atoms with van der Waals surface area (Å²) in [6, 6.07) is 4.79. The molecule has 24 heavy (non-hydrogen) atoms. The van der Waals surface area contributed by atoms with Gasteiger partial charge in [-0.1, -0.05) is 26.0 Å². The topological polar surface area (TPSA) is 38.8 Å². The molecule has 1 amide bonds. The van der Waals surface area contributed by atoms with Crippen LogP contribution in [0.2, 0.25) is 0 Å². The standard InChI is InChI=1S/C18H23F2NO3/c1-12-9-13(2)11-21(10-12)16(22)8-7-14-5-4-6-15(23-3)17(14)24-18(19)20/h4-8,12-13,18H,9-11H2,1-3H3/b8-7+. The Kier molecular flexibility index (Phi) is 6.17. The maximum Gasteiger partial charge on any atom is 0.387 e. The molecule has 1 fully saturated rings. The molecule has 4 nitrogen and oxygen atoms in total. The Hall–Kier alpha value is -2.11. The molecule has 1 aromatic carbocycles. The predicted molar refractivity (Wildman–Crippen MR) is 88.2 cm³/mol. The Morgan fingerprint density at radius 3 is 2.54 bits per heavy atom. The maximum absolute atomic E-state index is 12.6. The van der Waals surface area contributed by atoms with Crippen molar-refractivity contribution in [2.75, 3.05) is 20.2 Å². The molecule has 0 aromatic heterocycles. The van der Waals surface area contributed by atoms with E-state index < -0.39 is 6.61 Å². The van der Waals surface area contributed by atoms with E-state index in [1.54, 1.807) is 17.0 Å². The number of likely N-dealkylation sites (tertiary alicyclic amines) is 1. The van der Waals surface area contributed by atoms with Crippen molar-refractivity contribution in [3.05, 3.63) is 29.8 Å². The number of hydrogen-bond acceptors (Lipinski definition) is 3. The van der Waals surface area contributed by atoms with Gasteiger partial charge in [-0.15, -0.1) is 0 Å². The number of benzene rings is 1. The number of alkyl halides is 2. The number of para-hydroxylation sites is 1. The van der Waals surface area contributed by atoms with Gasteiger partial charge in [0.15, 0.2) is 11.5 Å². The summed E-state index contributed by atoms with van der Waals surface area (Å²) in [5.74, 6) is 0.921. The highest BCUT2D eigenvalue weighted by atomic mass is 19.3. The zero-order valence-corrected chi connectivity index (χ0v) is 14.2. The van der Waals surface area contributed by atoms with Gasteiger partial charge >= 0.3 is 6.61 Å². The first-order valence-electron chi connectivity index (χ1n) is 7.99. The molecule has 6 heteroatoms. The van der Waals surface area contributed by atoms with Crippen molar-refractivity contribution in [2.45, 2.75) is 26.9 Å². The second-order valence-corrected chi connectivity index (χ2v) is 6.28. The fourth-order valence-corrected chi connectivity index (χ4v) is 3.15. The Bertz CT molecular complexity index is 594. The second-order valence-electron chi connectivity index (χ2n) is 6.28. The number of nitrogens with zero attached hydrogens (tertiary/aromatic N) is 1. The molecule has 0 radical (unpaired) electrons. The van der Waals surface area contributed by atoms with Crippen LogP contribution in [0.25, 0.3) is 6.08 Å². The minimum atomic E-state index is -2.96. The lowest BCUT2D eigenvalue weighted by atomic mass is 9.92. The van der Waals surface area contributed by atoms with Gasteiger partial charge < -0.3 is 14.4 Å². The number of ether oxygens (including phenoxy) is 2. The van der Waals surface area contributed by atoms with Gasteiger partial charge in [0.25, 0.3) is 0 Å². The normalized spacial score (nSPS) is 21.3. The summed E-state index contributed by atoms with van der Waals surface area (Å²) in [7, 11) is 1.38. The Morgan fingerprint density at radius 2 is 1.96 bits per heavy atom. The number of methoxy groups -OCH3 is 1. The highest BCUT2D eigenvalue weighted by Crippen LogP contribution is 2.33. The zero-order valence-electron chi connectivity index (χ0n) is 14.2. The van der Waals surface area contributed by atoms with E-state index in [0.29, 0.717) is 30.5 Å². The summed E-state index contributed by atoms with van der Waals surface area (Å²) in [5, 5.41) is 0. The highest BCUT2D eigenvalue weighted by molar-refractivity contribution is 5.92. The molecule has 2 rings (SSSR count). The molecular formula is C18H23F2NO3. The van der Waals surface area contributed by atoms with Gasteiger partial charge in [0.2, 0.25) is 5.91 Å². The maximum atomic E-state index is 12.6. The summed E-state index contributed by atoms with van der Waals surface area (Å²) in [6.07, 6.45) is 4.00. The van der Waals surface area contributed by atoms with Crippen LogP contribution in [0.5, 0.6) is 11.5 Å². The molecule has 2 unspecified atom stereocenters. The summed E-state index contributed by atoms with van der Waals surface area (Å²) < 4.78 is 34.8. The fraction of sp³-hybridized carbons (Fsp3) is 0.500. The second kappa shape index (κ2) is 8.13. The third-order valence-electron chi connectivity index (χ3n) is 4.02. The number of halogens is 2. The smallest absolute Gasteiger partial charge is 0.387 e. The van der Waals surface area contributed by atoms with E-state index in [0.717, 1.165) is 6.42 Å². The minimum absolute atomic E-state index is 0.0700. The molecule has 1 saturated heterocycles. The highest BCUT2D eigenvalue weighted by Gasteiger charge is 2.24. The van der Waals surface area contributed by atoms with Gasteiger partial charge in [0.05, 0.1) is 7.11 Å². The summed E-state index contributed by atoms with van der Waals surface area (Å²) in [5.41, 5.74) is 0.376. The lowest BCUT2D eigenvalue weighted by Gasteiger charge is -2.34. The third-order valence-corrected chi connectivity index (χ3v) is 4.02. The summed E-state index contributed by atoms with van der Waals surface area (Å²) in [6.45, 7) is 2.71. The molecule has 0 N–H and O–H groups in total. The molecule has 2 atom stereocenters. The Morgan fingerprint density at radius 1 is 1.29 bits per heavy atom. The van der Waals surface area contributed by atoms with Crippen LogP contribution < -0.4 is 9.47 Å². The molecule has 0 aliphatic carbocycles. The molecule has 0 spiro atoms. The van der Waals surface area contributed by atoms with Crippen LogP contribution in [0.1, 0.15) is 25.8 Å². The zero-order chi connectivity index (χ0) is 17.7. The molecule has 132 valence electrons. The lowest BCUT2D eigenvalue weighted by molar-refractivity contribution is -0.128. The first-order valence-corrected chi connectivity index (χ1v) is 7.99. The monoisotopic (exact) mass is 339 g/mol. The van der Waals surface area contributed by atoms with Crippen molar-refractivity contribution in [3.8, 4) is 11.5 Å². The van der Waals surface area contributed by atoms with E-state index in [-0.39, 0.29) is 17.4 Å². The van der Waals surface area contributed by atoms with E-state index in [9.17, 15) is 13.6 Å². The number of amides is 1. The Balaban J connectivity index is 2.17. The number of hydrogen-bond donors (Lipinski definition) is 0. The van der Waals surface area contributed by atoms with Crippen molar-refractivity contribution in [1.29, 1.82) is 0 Å². The van der Waals surface area contributed by atoms with Gasteiger partial charge in [0.1, 0.15) is 0 Å². The fourth-order valence-electron chi connectivity index (χ4n) is 3.15. The van der Waals surface area contributed by atoms with Gasteiger partial charge in [-0.05, 0) is 30.4 Å². The molecule has 1 aliphatic heterocycles. The lowest BCUT2D eigenvalue weighted by Crippen LogP contribution is -2.41. The van der Waals surface area contributed by atoms with Crippen LogP contribution in [0.4, 0.5) is 8.78 Å². The molecule has 1 aromatic rings. The van der Waals surface area contributed by atoms with Crippen LogP contribution in [0.3, 0.4) is 0 Å². The van der Waals surface area contributed by atoms with Gasteiger partial charge in [-0.25, -0.2) is 0 Å². The average Bonchev–Trinajstić information content (AvgIpc) is 2.52. The van der Waals surface area contributed by atoms with Gasteiger partial charge in [0, 0.05) is 24.7 Å². The van der Waals surface area contributed by atoms with Crippen molar-refractivity contribution in [2.24, 2.45) is 11.8 Å². The molecule has 0 saturated carbocycles. The summed E-state index contributed by atoms with van der Waals surface area (Å²) >= 11 is 0. The van der Waals surface area contributed by atoms with Crippen LogP contribution in [-0.2, 0) is 4.79 Å². The van der Waals surface area contributed by atoms with Crippen molar-refractivity contribution in [1.82, 2.24) is 4.90 Å². The van der Waals surface area contributed by atoms with Crippen LogP contribution in [-0.4, -0.2) is 37.6 Å². The third kappa shape index (κ3) is 4.69. The van der Waals surface area contributed by atoms with Crippen LogP contribution in [0.15, 0.2) is 24.3 Å². The van der Waals surface area contributed by atoms with Crippen molar-refractivity contribution < 1.29 is 23.0 Å². The first-order chi connectivity index (χ1) is 11.4. The average molecular weight is 339 g/mol. The molecule has 1 heterocycles. The number of carbonyl (C=O) groups excluding carboxylic acids is 1. The van der Waals surface area contributed by atoms with E-state index in [4.69, 9.17) is 4.74 Å². The largest absolute Gasteiger partial charge is 0.493 e. The molecular weight excluding hydrogens is 316 g/mol. The number of carbonyl (C=O) groups is 1. The predicted octanol–water partition coefficient (Wildman–Crippen LogP) is 3.81. The minimum Gasteiger partial charge on any atom is -0.493 e. The van der Waals surface area contributed by atoms with Crippen molar-refractivity contribution in [3.63, 3.8) is 0 Å². The van der Waals surface area contributed by atoms with Crippen LogP contribution >= 0.6 is 0 Å². The SMILES string of the molecule is COc1cccc(/C=C/C(=O)N2CC(C)CC(C)C2)c1OC(F)F. The first kappa shape index (κ1) is 18.2.